The molecule has 0 heterocycles. The summed E-state index contributed by atoms with van der Waals surface area (Å²) in [6.45, 7) is 0.855. The van der Waals surface area contributed by atoms with Crippen LogP contribution in [0.15, 0.2) is 30.3 Å². The monoisotopic (exact) mass is 290 g/mol. The second kappa shape index (κ2) is 7.57. The van der Waals surface area contributed by atoms with Crippen molar-refractivity contribution < 1.29 is 9.90 Å². The Labute approximate surface area is 127 Å². The van der Waals surface area contributed by atoms with E-state index >= 15 is 0 Å². The largest absolute Gasteiger partial charge is 0.481 e. The van der Waals surface area contributed by atoms with E-state index in [4.69, 9.17) is 5.11 Å². The van der Waals surface area contributed by atoms with E-state index in [1.165, 1.54) is 5.56 Å². The first-order chi connectivity index (χ1) is 10.1. The molecule has 3 atom stereocenters. The highest BCUT2D eigenvalue weighted by Gasteiger charge is 2.27. The number of carboxylic acid groups (broad SMARTS) is 1. The Morgan fingerprint density at radius 3 is 2.67 bits per heavy atom. The molecular formula is C17H26N2O2. The van der Waals surface area contributed by atoms with Crippen molar-refractivity contribution in [2.24, 2.45) is 5.92 Å². The number of benzene rings is 1. The van der Waals surface area contributed by atoms with Crippen molar-refractivity contribution in [3.8, 4) is 0 Å². The van der Waals surface area contributed by atoms with Gasteiger partial charge in [0.1, 0.15) is 0 Å². The number of carbonyl (C=O) groups is 1. The minimum atomic E-state index is -0.645. The summed E-state index contributed by atoms with van der Waals surface area (Å²) < 4.78 is 0. The number of nitrogens with zero attached hydrogens (tertiary/aromatic N) is 1. The topological polar surface area (TPSA) is 52.6 Å². The quantitative estimate of drug-likeness (QED) is 0.845. The zero-order valence-corrected chi connectivity index (χ0v) is 13.0. The summed E-state index contributed by atoms with van der Waals surface area (Å²) in [7, 11) is 4.17. The summed E-state index contributed by atoms with van der Waals surface area (Å²) in [4.78, 5) is 13.3. The number of carboxylic acids is 1. The summed E-state index contributed by atoms with van der Waals surface area (Å²) in [6.07, 6.45) is 3.67. The molecule has 21 heavy (non-hydrogen) atoms. The summed E-state index contributed by atoms with van der Waals surface area (Å²) >= 11 is 0. The Hall–Kier alpha value is -1.39. The Balaban J connectivity index is 1.92. The van der Waals surface area contributed by atoms with E-state index in [0.717, 1.165) is 32.2 Å². The van der Waals surface area contributed by atoms with E-state index in [-0.39, 0.29) is 5.92 Å². The molecule has 2 rings (SSSR count). The zero-order valence-electron chi connectivity index (χ0n) is 13.0. The molecule has 1 saturated carbocycles. The Morgan fingerprint density at radius 1 is 1.33 bits per heavy atom. The van der Waals surface area contributed by atoms with Crippen molar-refractivity contribution >= 4 is 5.97 Å². The van der Waals surface area contributed by atoms with Crippen LogP contribution in [0.3, 0.4) is 0 Å². The van der Waals surface area contributed by atoms with Gasteiger partial charge in [-0.2, -0.15) is 0 Å². The van der Waals surface area contributed by atoms with Gasteiger partial charge in [-0.25, -0.2) is 0 Å². The van der Waals surface area contributed by atoms with Gasteiger partial charge < -0.3 is 15.3 Å². The Morgan fingerprint density at radius 2 is 2.05 bits per heavy atom. The lowest BCUT2D eigenvalue weighted by Crippen LogP contribution is -2.40. The highest BCUT2D eigenvalue weighted by Crippen LogP contribution is 2.25. The Bertz CT molecular complexity index is 447. The average Bonchev–Trinajstić information content (AvgIpc) is 2.48. The molecule has 116 valence electrons. The standard InChI is InChI=1S/C17H26N2O2/c1-19(2)16(13-7-4-3-5-8-13)12-18-15-10-6-9-14(11-15)17(20)21/h3-5,7-8,14-16,18H,6,9-12H2,1-2H3,(H,20,21). The average molecular weight is 290 g/mol. The maximum absolute atomic E-state index is 11.1. The van der Waals surface area contributed by atoms with Crippen molar-refractivity contribution in [2.75, 3.05) is 20.6 Å². The smallest absolute Gasteiger partial charge is 0.306 e. The first-order valence-corrected chi connectivity index (χ1v) is 7.75. The normalized spacial score (nSPS) is 24.0. The summed E-state index contributed by atoms with van der Waals surface area (Å²) in [5, 5.41) is 12.7. The number of hydrogen-bond acceptors (Lipinski definition) is 3. The Kier molecular flexibility index (Phi) is 5.76. The van der Waals surface area contributed by atoms with Crippen LogP contribution in [0.5, 0.6) is 0 Å². The highest BCUT2D eigenvalue weighted by atomic mass is 16.4. The fraction of sp³-hybridized carbons (Fsp3) is 0.588. The van der Waals surface area contributed by atoms with Gasteiger partial charge in [0.15, 0.2) is 0 Å². The van der Waals surface area contributed by atoms with Gasteiger partial charge in [0.2, 0.25) is 0 Å². The van der Waals surface area contributed by atoms with Crippen LogP contribution in [-0.2, 0) is 4.79 Å². The van der Waals surface area contributed by atoms with E-state index in [1.54, 1.807) is 0 Å². The maximum atomic E-state index is 11.1. The summed E-state index contributed by atoms with van der Waals surface area (Å²) in [5.74, 6) is -0.820. The molecule has 1 aromatic rings. The molecule has 3 unspecified atom stereocenters. The fourth-order valence-electron chi connectivity index (χ4n) is 3.15. The van der Waals surface area contributed by atoms with Gasteiger partial charge in [0.25, 0.3) is 0 Å². The highest BCUT2D eigenvalue weighted by molar-refractivity contribution is 5.70. The predicted octanol–water partition coefficient (Wildman–Crippen LogP) is 2.52. The molecule has 2 N–H and O–H groups in total. The molecule has 0 spiro atoms. The first kappa shape index (κ1) is 16.0. The zero-order chi connectivity index (χ0) is 15.2. The van der Waals surface area contributed by atoms with Crippen LogP contribution < -0.4 is 5.32 Å². The van der Waals surface area contributed by atoms with Crippen LogP contribution in [0.4, 0.5) is 0 Å². The van der Waals surface area contributed by atoms with Gasteiger partial charge >= 0.3 is 5.97 Å². The van der Waals surface area contributed by atoms with Gasteiger partial charge in [0, 0.05) is 18.6 Å². The van der Waals surface area contributed by atoms with Crippen molar-refractivity contribution in [3.63, 3.8) is 0 Å². The minimum Gasteiger partial charge on any atom is -0.481 e. The van der Waals surface area contributed by atoms with Gasteiger partial charge in [-0.05, 0) is 38.9 Å². The predicted molar refractivity (Wildman–Crippen MR) is 84.3 cm³/mol. The molecule has 0 amide bonds. The lowest BCUT2D eigenvalue weighted by atomic mass is 9.85. The molecule has 1 aliphatic rings. The van der Waals surface area contributed by atoms with Gasteiger partial charge in [-0.1, -0.05) is 36.8 Å². The number of rotatable bonds is 6. The first-order valence-electron chi connectivity index (χ1n) is 7.75. The molecular weight excluding hydrogens is 264 g/mol. The number of likely N-dealkylation sites (N-methyl/N-ethyl adjacent to an activating group) is 1. The van der Waals surface area contributed by atoms with E-state index in [2.05, 4.69) is 48.6 Å². The molecule has 4 nitrogen and oxygen atoms in total. The van der Waals surface area contributed by atoms with Gasteiger partial charge in [-0.3, -0.25) is 4.79 Å². The summed E-state index contributed by atoms with van der Waals surface area (Å²) in [6, 6.07) is 11.1. The third kappa shape index (κ3) is 4.55. The molecule has 0 saturated heterocycles. The minimum absolute atomic E-state index is 0.175. The molecule has 1 aromatic carbocycles. The molecule has 1 fully saturated rings. The third-order valence-corrected chi connectivity index (χ3v) is 4.43. The van der Waals surface area contributed by atoms with Crippen LogP contribution in [0.1, 0.15) is 37.3 Å². The van der Waals surface area contributed by atoms with Crippen LogP contribution >= 0.6 is 0 Å². The second-order valence-corrected chi connectivity index (χ2v) is 6.20. The maximum Gasteiger partial charge on any atom is 0.306 e. The van der Waals surface area contributed by atoms with Crippen molar-refractivity contribution in [3.05, 3.63) is 35.9 Å². The molecule has 0 radical (unpaired) electrons. The lowest BCUT2D eigenvalue weighted by molar-refractivity contribution is -0.143. The van der Waals surface area contributed by atoms with Gasteiger partial charge in [0.05, 0.1) is 5.92 Å². The molecule has 0 aliphatic heterocycles. The van der Waals surface area contributed by atoms with E-state index < -0.39 is 5.97 Å². The number of aliphatic carboxylic acids is 1. The van der Waals surface area contributed by atoms with E-state index in [9.17, 15) is 4.79 Å². The fourth-order valence-corrected chi connectivity index (χ4v) is 3.15. The number of nitrogens with one attached hydrogen (secondary N) is 1. The van der Waals surface area contributed by atoms with Crippen LogP contribution in [-0.4, -0.2) is 42.7 Å². The molecule has 1 aliphatic carbocycles. The van der Waals surface area contributed by atoms with Crippen molar-refractivity contribution in [1.29, 1.82) is 0 Å². The van der Waals surface area contributed by atoms with Crippen LogP contribution in [0.25, 0.3) is 0 Å². The number of hydrogen-bond donors (Lipinski definition) is 2. The lowest BCUT2D eigenvalue weighted by Gasteiger charge is -2.31. The van der Waals surface area contributed by atoms with Crippen molar-refractivity contribution in [2.45, 2.75) is 37.8 Å². The summed E-state index contributed by atoms with van der Waals surface area (Å²) in [5.41, 5.74) is 1.29. The van der Waals surface area contributed by atoms with E-state index in [1.807, 2.05) is 6.07 Å². The van der Waals surface area contributed by atoms with Crippen molar-refractivity contribution in [1.82, 2.24) is 10.2 Å². The van der Waals surface area contributed by atoms with Gasteiger partial charge in [-0.15, -0.1) is 0 Å². The van der Waals surface area contributed by atoms with E-state index in [0.29, 0.717) is 12.1 Å². The molecule has 4 heteroatoms. The molecule has 0 aromatic heterocycles. The molecule has 0 bridgehead atoms. The SMILES string of the molecule is CN(C)C(CNC1CCCC(C(=O)O)C1)c1ccccc1. The van der Waals surface area contributed by atoms with Crippen LogP contribution in [0, 0.1) is 5.92 Å². The second-order valence-electron chi connectivity index (χ2n) is 6.20. The van der Waals surface area contributed by atoms with Crippen LogP contribution in [0.2, 0.25) is 0 Å². The third-order valence-electron chi connectivity index (χ3n) is 4.43.